The summed E-state index contributed by atoms with van der Waals surface area (Å²) < 4.78 is 6.14. The van der Waals surface area contributed by atoms with Crippen LogP contribution in [0.1, 0.15) is 18.1 Å². The number of amides is 1. The van der Waals surface area contributed by atoms with E-state index in [1.807, 2.05) is 25.1 Å². The molecule has 0 radical (unpaired) electrons. The standard InChI is InChI=1S/C19H14Br2N2O3/c1-11-5-3-4-6-17(11)23-19(25)14(10-22)7-13-8-15(20)18(16(21)9-13)26-12(2)24/h3-9H,1-2H3,(H,23,25)/b14-7+. The fourth-order valence-corrected chi connectivity index (χ4v) is 3.51. The molecule has 0 aliphatic carbocycles. The Morgan fingerprint density at radius 1 is 1.19 bits per heavy atom. The van der Waals surface area contributed by atoms with Crippen LogP contribution in [-0.4, -0.2) is 11.9 Å². The second-order valence-electron chi connectivity index (χ2n) is 5.35. The highest BCUT2D eigenvalue weighted by Gasteiger charge is 2.14. The Morgan fingerprint density at radius 2 is 1.81 bits per heavy atom. The van der Waals surface area contributed by atoms with Crippen molar-refractivity contribution in [2.45, 2.75) is 13.8 Å². The lowest BCUT2D eigenvalue weighted by Gasteiger charge is -2.09. The number of nitriles is 1. The third-order valence-electron chi connectivity index (χ3n) is 3.34. The fraction of sp³-hybridized carbons (Fsp3) is 0.105. The first-order valence-corrected chi connectivity index (χ1v) is 9.06. The zero-order valence-electron chi connectivity index (χ0n) is 14.0. The van der Waals surface area contributed by atoms with Gasteiger partial charge in [0.05, 0.1) is 8.95 Å². The molecule has 26 heavy (non-hydrogen) atoms. The maximum Gasteiger partial charge on any atom is 0.308 e. The summed E-state index contributed by atoms with van der Waals surface area (Å²) in [6, 6.07) is 12.5. The van der Waals surface area contributed by atoms with Gasteiger partial charge in [-0.15, -0.1) is 0 Å². The number of hydrogen-bond donors (Lipinski definition) is 1. The minimum Gasteiger partial charge on any atom is -0.424 e. The average Bonchev–Trinajstić information content (AvgIpc) is 2.57. The lowest BCUT2D eigenvalue weighted by molar-refractivity contribution is -0.132. The number of aryl methyl sites for hydroxylation is 1. The van der Waals surface area contributed by atoms with Crippen LogP contribution in [0, 0.1) is 18.3 Å². The molecule has 0 heterocycles. The summed E-state index contributed by atoms with van der Waals surface area (Å²) in [6.07, 6.45) is 1.46. The van der Waals surface area contributed by atoms with Crippen molar-refractivity contribution in [1.82, 2.24) is 0 Å². The topological polar surface area (TPSA) is 79.2 Å². The maximum absolute atomic E-state index is 12.4. The molecule has 0 saturated carbocycles. The van der Waals surface area contributed by atoms with Crippen molar-refractivity contribution in [1.29, 1.82) is 5.26 Å². The molecule has 2 aromatic rings. The van der Waals surface area contributed by atoms with Crippen LogP contribution in [0.4, 0.5) is 5.69 Å². The first-order chi connectivity index (χ1) is 12.3. The van der Waals surface area contributed by atoms with Crippen LogP contribution in [-0.2, 0) is 9.59 Å². The number of carbonyl (C=O) groups is 2. The lowest BCUT2D eigenvalue weighted by Crippen LogP contribution is -2.14. The molecule has 0 spiro atoms. The van der Waals surface area contributed by atoms with E-state index in [1.54, 1.807) is 24.3 Å². The maximum atomic E-state index is 12.4. The Kier molecular flexibility index (Phi) is 6.72. The van der Waals surface area contributed by atoms with Crippen molar-refractivity contribution in [2.24, 2.45) is 0 Å². The summed E-state index contributed by atoms with van der Waals surface area (Å²) >= 11 is 6.64. The Hall–Kier alpha value is -2.43. The van der Waals surface area contributed by atoms with E-state index in [9.17, 15) is 14.9 Å². The number of anilines is 1. The molecule has 0 atom stereocenters. The van der Waals surface area contributed by atoms with Gasteiger partial charge >= 0.3 is 5.97 Å². The Balaban J connectivity index is 2.31. The monoisotopic (exact) mass is 476 g/mol. The summed E-state index contributed by atoms with van der Waals surface area (Å²) in [6.45, 7) is 3.17. The predicted octanol–water partition coefficient (Wildman–Crippen LogP) is 4.99. The zero-order chi connectivity index (χ0) is 19.3. The molecule has 0 aliphatic heterocycles. The number of hydrogen-bond acceptors (Lipinski definition) is 4. The molecule has 0 saturated heterocycles. The van der Waals surface area contributed by atoms with Crippen molar-refractivity contribution in [3.8, 4) is 11.8 Å². The van der Waals surface area contributed by atoms with Crippen molar-refractivity contribution in [3.05, 3.63) is 62.0 Å². The van der Waals surface area contributed by atoms with Gasteiger partial charge in [0.25, 0.3) is 5.91 Å². The molecule has 1 N–H and O–H groups in total. The number of ether oxygens (including phenoxy) is 1. The van der Waals surface area contributed by atoms with Gasteiger partial charge in [-0.3, -0.25) is 9.59 Å². The van der Waals surface area contributed by atoms with E-state index in [0.29, 0.717) is 25.9 Å². The Morgan fingerprint density at radius 3 is 2.35 bits per heavy atom. The highest BCUT2D eigenvalue weighted by molar-refractivity contribution is 9.11. The average molecular weight is 478 g/mol. The van der Waals surface area contributed by atoms with Gasteiger partial charge < -0.3 is 10.1 Å². The van der Waals surface area contributed by atoms with E-state index in [2.05, 4.69) is 37.2 Å². The normalized spacial score (nSPS) is 10.8. The van der Waals surface area contributed by atoms with E-state index >= 15 is 0 Å². The van der Waals surface area contributed by atoms with Crippen LogP contribution < -0.4 is 10.1 Å². The molecule has 0 fully saturated rings. The summed E-state index contributed by atoms with van der Waals surface area (Å²) in [5.74, 6) is -0.624. The van der Waals surface area contributed by atoms with Crippen molar-refractivity contribution < 1.29 is 14.3 Å². The van der Waals surface area contributed by atoms with Crippen molar-refractivity contribution in [2.75, 3.05) is 5.32 Å². The zero-order valence-corrected chi connectivity index (χ0v) is 17.1. The number of esters is 1. The number of benzene rings is 2. The SMILES string of the molecule is CC(=O)Oc1c(Br)cc(/C=C(\C#N)C(=O)Nc2ccccc2C)cc1Br. The molecule has 132 valence electrons. The van der Waals surface area contributed by atoms with Gasteiger partial charge in [-0.25, -0.2) is 0 Å². The number of nitrogens with one attached hydrogen (secondary N) is 1. The minimum atomic E-state index is -0.502. The molecule has 2 rings (SSSR count). The van der Waals surface area contributed by atoms with Gasteiger partial charge in [-0.2, -0.15) is 5.26 Å². The molecule has 2 aromatic carbocycles. The first kappa shape index (κ1) is 19.9. The van der Waals surface area contributed by atoms with Crippen molar-refractivity contribution >= 4 is 55.5 Å². The highest BCUT2D eigenvalue weighted by Crippen LogP contribution is 2.35. The lowest BCUT2D eigenvalue weighted by atomic mass is 10.1. The van der Waals surface area contributed by atoms with Crippen LogP contribution in [0.3, 0.4) is 0 Å². The van der Waals surface area contributed by atoms with E-state index < -0.39 is 11.9 Å². The van der Waals surface area contributed by atoms with E-state index in [0.717, 1.165) is 5.56 Å². The molecule has 7 heteroatoms. The molecule has 1 amide bonds. The van der Waals surface area contributed by atoms with Gasteiger partial charge in [-0.1, -0.05) is 18.2 Å². The molecule has 0 aromatic heterocycles. The number of rotatable bonds is 4. The molecule has 0 unspecified atom stereocenters. The predicted molar refractivity (Wildman–Crippen MR) is 107 cm³/mol. The third-order valence-corrected chi connectivity index (χ3v) is 4.51. The molecular formula is C19H14Br2N2O3. The summed E-state index contributed by atoms with van der Waals surface area (Å²) in [5.41, 5.74) is 2.09. The number of halogens is 2. The van der Waals surface area contributed by atoms with Crippen LogP contribution in [0.25, 0.3) is 6.08 Å². The fourth-order valence-electron chi connectivity index (χ4n) is 2.12. The molecule has 0 bridgehead atoms. The third kappa shape index (κ3) is 5.04. The van der Waals surface area contributed by atoms with Gasteiger partial charge in [-0.05, 0) is 74.2 Å². The molecular weight excluding hydrogens is 464 g/mol. The van der Waals surface area contributed by atoms with E-state index in [-0.39, 0.29) is 5.57 Å². The second kappa shape index (κ2) is 8.79. The van der Waals surface area contributed by atoms with Gasteiger partial charge in [0.15, 0.2) is 5.75 Å². The van der Waals surface area contributed by atoms with Gasteiger partial charge in [0.2, 0.25) is 0 Å². The number of nitrogens with zero attached hydrogens (tertiary/aromatic N) is 1. The van der Waals surface area contributed by atoms with Gasteiger partial charge in [0, 0.05) is 12.6 Å². The summed E-state index contributed by atoms with van der Waals surface area (Å²) in [4.78, 5) is 23.5. The van der Waals surface area contributed by atoms with E-state index in [4.69, 9.17) is 4.74 Å². The summed E-state index contributed by atoms with van der Waals surface area (Å²) in [7, 11) is 0. The van der Waals surface area contributed by atoms with E-state index in [1.165, 1.54) is 13.0 Å². The van der Waals surface area contributed by atoms with Crippen molar-refractivity contribution in [3.63, 3.8) is 0 Å². The highest BCUT2D eigenvalue weighted by atomic mass is 79.9. The van der Waals surface area contributed by atoms with Crippen LogP contribution in [0.5, 0.6) is 5.75 Å². The second-order valence-corrected chi connectivity index (χ2v) is 7.05. The largest absolute Gasteiger partial charge is 0.424 e. The molecule has 5 nitrogen and oxygen atoms in total. The van der Waals surface area contributed by atoms with Crippen LogP contribution in [0.2, 0.25) is 0 Å². The minimum absolute atomic E-state index is 0.0488. The van der Waals surface area contributed by atoms with Gasteiger partial charge in [0.1, 0.15) is 11.6 Å². The Bertz CT molecular complexity index is 923. The Labute approximate surface area is 167 Å². The smallest absolute Gasteiger partial charge is 0.308 e. The number of para-hydroxylation sites is 1. The van der Waals surface area contributed by atoms with Crippen LogP contribution in [0.15, 0.2) is 50.9 Å². The summed E-state index contributed by atoms with van der Waals surface area (Å²) in [5, 5.41) is 12.1. The number of carbonyl (C=O) groups excluding carboxylic acids is 2. The first-order valence-electron chi connectivity index (χ1n) is 7.48. The molecule has 0 aliphatic rings. The van der Waals surface area contributed by atoms with Crippen LogP contribution >= 0.6 is 31.9 Å². The quantitative estimate of drug-likeness (QED) is 0.291.